The number of imide groups is 1. The molecule has 1 fully saturated rings. The van der Waals surface area contributed by atoms with Crippen LogP contribution in [0.4, 0.5) is 13.6 Å². The Morgan fingerprint density at radius 2 is 1.94 bits per heavy atom. The number of halogens is 2. The maximum atomic E-state index is 13.0. The summed E-state index contributed by atoms with van der Waals surface area (Å²) >= 11 is 0. The van der Waals surface area contributed by atoms with Crippen molar-refractivity contribution in [2.24, 2.45) is 0 Å². The fraction of sp³-hybridized carbons (Fsp3) is 0.348. The van der Waals surface area contributed by atoms with Crippen molar-refractivity contribution in [3.63, 3.8) is 0 Å². The summed E-state index contributed by atoms with van der Waals surface area (Å²) < 4.78 is 29.0. The van der Waals surface area contributed by atoms with E-state index in [1.165, 1.54) is 36.8 Å². The number of nitrogens with one attached hydrogen (secondary N) is 2. The molecular weight excluding hydrogens is 420 g/mol. The molecule has 9 heteroatoms. The lowest BCUT2D eigenvalue weighted by Crippen LogP contribution is -2.44. The van der Waals surface area contributed by atoms with Gasteiger partial charge in [-0.05, 0) is 55.0 Å². The zero-order valence-electron chi connectivity index (χ0n) is 17.4. The highest BCUT2D eigenvalue weighted by Gasteiger charge is 2.49. The molecule has 7 nitrogen and oxygen atoms in total. The molecule has 1 aliphatic heterocycles. The third-order valence-corrected chi connectivity index (χ3v) is 5.94. The quantitative estimate of drug-likeness (QED) is 0.671. The fourth-order valence-electron chi connectivity index (χ4n) is 4.29. The minimum atomic E-state index is -2.96. The van der Waals surface area contributed by atoms with Gasteiger partial charge in [0, 0.05) is 0 Å². The highest BCUT2D eigenvalue weighted by atomic mass is 19.3. The number of rotatable bonds is 6. The highest BCUT2D eigenvalue weighted by molar-refractivity contribution is 6.09. The van der Waals surface area contributed by atoms with E-state index in [1.54, 1.807) is 0 Å². The van der Waals surface area contributed by atoms with Gasteiger partial charge in [0.2, 0.25) is 5.91 Å². The molecule has 1 saturated heterocycles. The summed E-state index contributed by atoms with van der Waals surface area (Å²) in [4.78, 5) is 39.1. The predicted molar refractivity (Wildman–Crippen MR) is 111 cm³/mol. The van der Waals surface area contributed by atoms with Crippen molar-refractivity contribution in [3.8, 4) is 5.75 Å². The Labute approximate surface area is 183 Å². The number of fused-ring (bicyclic) bond motifs is 1. The van der Waals surface area contributed by atoms with Crippen molar-refractivity contribution in [2.75, 3.05) is 6.54 Å². The highest BCUT2D eigenvalue weighted by Crippen LogP contribution is 2.31. The second-order valence-corrected chi connectivity index (χ2v) is 8.06. The average molecular weight is 443 g/mol. The minimum Gasteiger partial charge on any atom is -0.435 e. The number of carbonyl (C=O) groups excluding carboxylic acids is 3. The van der Waals surface area contributed by atoms with Crippen LogP contribution in [0.1, 0.15) is 42.5 Å². The number of benzene rings is 2. The van der Waals surface area contributed by atoms with E-state index < -0.39 is 36.5 Å². The zero-order chi connectivity index (χ0) is 22.9. The van der Waals surface area contributed by atoms with Crippen molar-refractivity contribution < 1.29 is 27.9 Å². The van der Waals surface area contributed by atoms with E-state index in [4.69, 9.17) is 0 Å². The number of nitrogens with zero attached hydrogens (tertiary/aromatic N) is 1. The molecule has 1 aliphatic carbocycles. The van der Waals surface area contributed by atoms with E-state index >= 15 is 0 Å². The van der Waals surface area contributed by atoms with Crippen LogP contribution in [0.3, 0.4) is 0 Å². The first-order valence-electron chi connectivity index (χ1n) is 10.3. The number of hydrogen-bond donors (Lipinski definition) is 2. The number of urea groups is 1. The van der Waals surface area contributed by atoms with Gasteiger partial charge in [-0.1, -0.05) is 36.4 Å². The number of hydrogen-bond acceptors (Lipinski definition) is 4. The van der Waals surface area contributed by atoms with Crippen LogP contribution in [0, 0.1) is 0 Å². The van der Waals surface area contributed by atoms with Crippen molar-refractivity contribution >= 4 is 17.8 Å². The molecule has 2 aromatic rings. The first-order valence-corrected chi connectivity index (χ1v) is 10.3. The van der Waals surface area contributed by atoms with Gasteiger partial charge in [-0.3, -0.25) is 14.5 Å². The van der Waals surface area contributed by atoms with E-state index in [1.807, 2.05) is 24.3 Å². The predicted octanol–water partition coefficient (Wildman–Crippen LogP) is 3.25. The molecule has 0 unspecified atom stereocenters. The van der Waals surface area contributed by atoms with E-state index in [-0.39, 0.29) is 11.8 Å². The van der Waals surface area contributed by atoms with E-state index in [0.717, 1.165) is 29.7 Å². The molecule has 168 valence electrons. The number of ether oxygens (including phenoxy) is 1. The summed E-state index contributed by atoms with van der Waals surface area (Å²) in [5, 5.41) is 5.54. The van der Waals surface area contributed by atoms with E-state index in [9.17, 15) is 23.2 Å². The standard InChI is InChI=1S/C23H23F2N3O4/c1-23(15-9-11-16(12-10-15)32-21(24)25)20(30)28(22(31)27-23)13-19(29)26-18-8-4-6-14-5-2-3-7-17(14)18/h2-3,5,7,9-12,18,21H,4,6,8,13H2,1H3,(H,26,29)(H,27,31)/t18-,23+/m0/s1. The molecule has 2 aromatic carbocycles. The Morgan fingerprint density at radius 3 is 2.66 bits per heavy atom. The summed E-state index contributed by atoms with van der Waals surface area (Å²) in [5.41, 5.74) is 1.21. The maximum absolute atomic E-state index is 13.0. The second-order valence-electron chi connectivity index (χ2n) is 8.06. The first-order chi connectivity index (χ1) is 15.3. The zero-order valence-corrected chi connectivity index (χ0v) is 17.4. The largest absolute Gasteiger partial charge is 0.435 e. The first kappa shape index (κ1) is 21.7. The van der Waals surface area contributed by atoms with Crippen molar-refractivity contribution in [3.05, 3.63) is 65.2 Å². The topological polar surface area (TPSA) is 87.7 Å². The Balaban J connectivity index is 1.44. The maximum Gasteiger partial charge on any atom is 0.387 e. The molecule has 1 heterocycles. The van der Waals surface area contributed by atoms with Gasteiger partial charge in [0.15, 0.2) is 0 Å². The van der Waals surface area contributed by atoms with Crippen molar-refractivity contribution in [1.29, 1.82) is 0 Å². The Morgan fingerprint density at radius 1 is 1.22 bits per heavy atom. The van der Waals surface area contributed by atoms with Gasteiger partial charge in [0.1, 0.15) is 17.8 Å². The summed E-state index contributed by atoms with van der Waals surface area (Å²) in [6.45, 7) is -1.87. The van der Waals surface area contributed by atoms with Gasteiger partial charge < -0.3 is 15.4 Å². The third kappa shape index (κ3) is 4.15. The summed E-state index contributed by atoms with van der Waals surface area (Å²) in [7, 11) is 0. The Bertz CT molecular complexity index is 1040. The van der Waals surface area contributed by atoms with Crippen LogP contribution >= 0.6 is 0 Å². The minimum absolute atomic E-state index is 0.0619. The number of amides is 4. The van der Waals surface area contributed by atoms with Gasteiger partial charge in [-0.15, -0.1) is 0 Å². The smallest absolute Gasteiger partial charge is 0.387 e. The second kappa shape index (κ2) is 8.57. The summed E-state index contributed by atoms with van der Waals surface area (Å²) in [6.07, 6.45) is 2.68. The van der Waals surface area contributed by atoms with Gasteiger partial charge in [-0.2, -0.15) is 8.78 Å². The molecule has 0 spiro atoms. The fourth-order valence-corrected chi connectivity index (χ4v) is 4.29. The monoisotopic (exact) mass is 443 g/mol. The molecule has 4 amide bonds. The average Bonchev–Trinajstić information content (AvgIpc) is 2.98. The van der Waals surface area contributed by atoms with Crippen LogP contribution in [-0.4, -0.2) is 35.9 Å². The number of aryl methyl sites for hydroxylation is 1. The Hall–Kier alpha value is -3.49. The molecular formula is C23H23F2N3O4. The van der Waals surface area contributed by atoms with Gasteiger partial charge in [-0.25, -0.2) is 4.79 Å². The summed E-state index contributed by atoms with van der Waals surface area (Å²) in [5.74, 6) is -1.09. The number of carbonyl (C=O) groups is 3. The molecule has 4 rings (SSSR count). The lowest BCUT2D eigenvalue weighted by molar-refractivity contribution is -0.135. The van der Waals surface area contributed by atoms with Crippen LogP contribution in [-0.2, 0) is 21.5 Å². The van der Waals surface area contributed by atoms with Gasteiger partial charge >= 0.3 is 12.6 Å². The van der Waals surface area contributed by atoms with Gasteiger partial charge in [0.25, 0.3) is 5.91 Å². The third-order valence-electron chi connectivity index (χ3n) is 5.94. The molecule has 2 aliphatic rings. The van der Waals surface area contributed by atoms with Crippen molar-refractivity contribution in [1.82, 2.24) is 15.5 Å². The molecule has 2 atom stereocenters. The van der Waals surface area contributed by atoms with Crippen LogP contribution in [0.25, 0.3) is 0 Å². The van der Waals surface area contributed by atoms with Crippen LogP contribution < -0.4 is 15.4 Å². The lowest BCUT2D eigenvalue weighted by atomic mass is 9.88. The molecule has 0 saturated carbocycles. The molecule has 0 aromatic heterocycles. The molecule has 0 bridgehead atoms. The SMILES string of the molecule is C[C@]1(c2ccc(OC(F)F)cc2)NC(=O)N(CC(=O)N[C@H]2CCCc3ccccc32)C1=O. The van der Waals surface area contributed by atoms with Crippen LogP contribution in [0.15, 0.2) is 48.5 Å². The van der Waals surface area contributed by atoms with Gasteiger partial charge in [0.05, 0.1) is 6.04 Å². The molecule has 32 heavy (non-hydrogen) atoms. The summed E-state index contributed by atoms with van der Waals surface area (Å²) in [6, 6.07) is 12.5. The Kier molecular flexibility index (Phi) is 5.82. The van der Waals surface area contributed by atoms with Crippen LogP contribution in [0.5, 0.6) is 5.75 Å². The van der Waals surface area contributed by atoms with E-state index in [0.29, 0.717) is 5.56 Å². The number of alkyl halides is 2. The molecule has 2 N–H and O–H groups in total. The lowest BCUT2D eigenvalue weighted by Gasteiger charge is -2.27. The van der Waals surface area contributed by atoms with Crippen LogP contribution in [0.2, 0.25) is 0 Å². The van der Waals surface area contributed by atoms with Crippen molar-refractivity contribution in [2.45, 2.75) is 44.4 Å². The molecule has 0 radical (unpaired) electrons. The van der Waals surface area contributed by atoms with E-state index in [2.05, 4.69) is 15.4 Å². The normalized spacial score (nSPS) is 22.5.